The number of benzene rings is 2. The number of imide groups is 1. The van der Waals surface area contributed by atoms with E-state index in [0.29, 0.717) is 47.9 Å². The van der Waals surface area contributed by atoms with Gasteiger partial charge in [-0.2, -0.15) is 0 Å². The highest BCUT2D eigenvalue weighted by Gasteiger charge is 2.45. The van der Waals surface area contributed by atoms with Gasteiger partial charge in [0.2, 0.25) is 5.91 Å². The van der Waals surface area contributed by atoms with Gasteiger partial charge in [-0.1, -0.05) is 37.6 Å². The van der Waals surface area contributed by atoms with Crippen molar-refractivity contribution in [3.63, 3.8) is 0 Å². The zero-order valence-electron chi connectivity index (χ0n) is 18.0. The molecule has 2 aliphatic heterocycles. The summed E-state index contributed by atoms with van der Waals surface area (Å²) in [5.74, 6) is -1.51. The number of hydrogen-bond donors (Lipinski definition) is 0. The monoisotopic (exact) mass is 453 g/mol. The van der Waals surface area contributed by atoms with Crippen LogP contribution in [0.4, 0.5) is 0 Å². The number of nitrogens with zero attached hydrogens (tertiary/aromatic N) is 3. The summed E-state index contributed by atoms with van der Waals surface area (Å²) in [7, 11) is 0. The number of hydrogen-bond acceptors (Lipinski definition) is 4. The predicted molar refractivity (Wildman–Crippen MR) is 120 cm³/mol. The van der Waals surface area contributed by atoms with Crippen LogP contribution in [0.3, 0.4) is 0 Å². The number of amides is 4. The maximum Gasteiger partial charge on any atom is 0.262 e. The van der Waals surface area contributed by atoms with Crippen LogP contribution in [0.1, 0.15) is 44.9 Å². The van der Waals surface area contributed by atoms with E-state index in [4.69, 9.17) is 11.6 Å². The Balaban J connectivity index is 1.47. The molecule has 2 aromatic carbocycles. The fourth-order valence-corrected chi connectivity index (χ4v) is 4.37. The van der Waals surface area contributed by atoms with E-state index in [1.54, 1.807) is 58.3 Å². The van der Waals surface area contributed by atoms with Crippen LogP contribution in [-0.4, -0.2) is 70.5 Å². The molecule has 0 N–H and O–H groups in total. The second kappa shape index (κ2) is 8.74. The highest BCUT2D eigenvalue weighted by Crippen LogP contribution is 2.28. The fourth-order valence-electron chi connectivity index (χ4n) is 4.25. The molecule has 4 rings (SSSR count). The smallest absolute Gasteiger partial charge is 0.262 e. The lowest BCUT2D eigenvalue weighted by atomic mass is 10.0. The molecule has 8 heteroatoms. The Morgan fingerprint density at radius 1 is 0.812 bits per heavy atom. The number of carbonyl (C=O) groups is 4. The summed E-state index contributed by atoms with van der Waals surface area (Å²) < 4.78 is 0. The number of rotatable bonds is 4. The van der Waals surface area contributed by atoms with Gasteiger partial charge in [0.05, 0.1) is 11.1 Å². The van der Waals surface area contributed by atoms with E-state index in [0.717, 1.165) is 4.90 Å². The summed E-state index contributed by atoms with van der Waals surface area (Å²) in [6.07, 6.45) is 0. The second-order valence-electron chi connectivity index (χ2n) is 8.34. The Morgan fingerprint density at radius 2 is 1.31 bits per heavy atom. The zero-order valence-corrected chi connectivity index (χ0v) is 18.7. The van der Waals surface area contributed by atoms with Crippen molar-refractivity contribution < 1.29 is 19.2 Å². The molecule has 0 saturated carbocycles. The lowest BCUT2D eigenvalue weighted by Crippen LogP contribution is -2.58. The minimum atomic E-state index is -0.888. The maximum atomic E-state index is 13.4. The van der Waals surface area contributed by atoms with Gasteiger partial charge in [-0.25, -0.2) is 0 Å². The van der Waals surface area contributed by atoms with Crippen molar-refractivity contribution in [1.29, 1.82) is 0 Å². The fraction of sp³-hybridized carbons (Fsp3) is 0.333. The summed E-state index contributed by atoms with van der Waals surface area (Å²) in [5, 5.41) is 0.560. The molecule has 1 fully saturated rings. The largest absolute Gasteiger partial charge is 0.337 e. The predicted octanol–water partition coefficient (Wildman–Crippen LogP) is 2.95. The van der Waals surface area contributed by atoms with Gasteiger partial charge in [-0.15, -0.1) is 0 Å². The molecule has 4 amide bonds. The van der Waals surface area contributed by atoms with Gasteiger partial charge in [0.1, 0.15) is 6.04 Å². The summed E-state index contributed by atoms with van der Waals surface area (Å²) >= 11 is 5.89. The molecular weight excluding hydrogens is 430 g/mol. The Hall–Kier alpha value is -3.19. The van der Waals surface area contributed by atoms with Crippen LogP contribution in [0.5, 0.6) is 0 Å². The van der Waals surface area contributed by atoms with E-state index in [2.05, 4.69) is 0 Å². The van der Waals surface area contributed by atoms with Crippen molar-refractivity contribution in [3.05, 3.63) is 70.2 Å². The van der Waals surface area contributed by atoms with Gasteiger partial charge in [0.15, 0.2) is 0 Å². The van der Waals surface area contributed by atoms with Crippen LogP contribution in [0.2, 0.25) is 5.02 Å². The first kappa shape index (κ1) is 22.0. The molecule has 0 aliphatic carbocycles. The number of halogens is 1. The molecule has 166 valence electrons. The average Bonchev–Trinajstić information content (AvgIpc) is 3.04. The van der Waals surface area contributed by atoms with E-state index in [1.165, 1.54) is 0 Å². The van der Waals surface area contributed by atoms with E-state index < -0.39 is 17.9 Å². The lowest BCUT2D eigenvalue weighted by molar-refractivity contribution is -0.138. The molecule has 0 bridgehead atoms. The molecule has 0 radical (unpaired) electrons. The van der Waals surface area contributed by atoms with Crippen molar-refractivity contribution in [2.75, 3.05) is 26.2 Å². The topological polar surface area (TPSA) is 78.0 Å². The van der Waals surface area contributed by atoms with E-state index in [1.807, 2.05) is 13.8 Å². The first-order valence-corrected chi connectivity index (χ1v) is 11.0. The second-order valence-corrected chi connectivity index (χ2v) is 8.78. The normalized spacial score (nSPS) is 17.1. The average molecular weight is 454 g/mol. The van der Waals surface area contributed by atoms with Crippen molar-refractivity contribution >= 4 is 35.2 Å². The molecule has 1 saturated heterocycles. The minimum Gasteiger partial charge on any atom is -0.337 e. The summed E-state index contributed by atoms with van der Waals surface area (Å²) in [6, 6.07) is 12.4. The van der Waals surface area contributed by atoms with E-state index >= 15 is 0 Å². The first-order valence-electron chi connectivity index (χ1n) is 10.6. The van der Waals surface area contributed by atoms with Crippen LogP contribution in [-0.2, 0) is 4.79 Å². The summed E-state index contributed by atoms with van der Waals surface area (Å²) in [4.78, 5) is 56.4. The van der Waals surface area contributed by atoms with Gasteiger partial charge in [0.25, 0.3) is 17.7 Å². The zero-order chi connectivity index (χ0) is 23.0. The molecule has 2 heterocycles. The third kappa shape index (κ3) is 3.88. The molecule has 32 heavy (non-hydrogen) atoms. The van der Waals surface area contributed by atoms with Crippen molar-refractivity contribution in [2.24, 2.45) is 5.92 Å². The first-order chi connectivity index (χ1) is 15.3. The quantitative estimate of drug-likeness (QED) is 0.667. The van der Waals surface area contributed by atoms with Crippen molar-refractivity contribution in [2.45, 2.75) is 19.9 Å². The summed E-state index contributed by atoms with van der Waals surface area (Å²) in [5.41, 5.74) is 1.20. The lowest BCUT2D eigenvalue weighted by Gasteiger charge is -2.38. The molecule has 0 spiro atoms. The van der Waals surface area contributed by atoms with Crippen LogP contribution in [0, 0.1) is 5.92 Å². The molecular formula is C24H24ClN3O4. The van der Waals surface area contributed by atoms with Gasteiger partial charge in [-0.05, 0) is 42.3 Å². The van der Waals surface area contributed by atoms with Gasteiger partial charge in [-0.3, -0.25) is 24.1 Å². The third-order valence-electron chi connectivity index (χ3n) is 5.96. The molecule has 7 nitrogen and oxygen atoms in total. The highest BCUT2D eigenvalue weighted by molar-refractivity contribution is 6.30. The van der Waals surface area contributed by atoms with Crippen LogP contribution < -0.4 is 0 Å². The SMILES string of the molecule is CC(C)C(C(=O)N1CCN(C(=O)c2ccc(Cl)cc2)CC1)N1C(=O)c2ccccc2C1=O. The highest BCUT2D eigenvalue weighted by atomic mass is 35.5. The Bertz CT molecular complexity index is 1040. The number of carbonyl (C=O) groups excluding carboxylic acids is 4. The standard InChI is InChI=1S/C24H24ClN3O4/c1-15(2)20(28-22(30)18-5-3-4-6-19(18)23(28)31)24(32)27-13-11-26(12-14-27)21(29)16-7-9-17(25)10-8-16/h3-10,15,20H,11-14H2,1-2H3. The number of piperazine rings is 1. The third-order valence-corrected chi connectivity index (χ3v) is 6.21. The van der Waals surface area contributed by atoms with Gasteiger partial charge >= 0.3 is 0 Å². The van der Waals surface area contributed by atoms with Crippen molar-refractivity contribution in [3.8, 4) is 0 Å². The molecule has 1 atom stereocenters. The molecule has 0 aromatic heterocycles. The van der Waals surface area contributed by atoms with E-state index in [9.17, 15) is 19.2 Å². The maximum absolute atomic E-state index is 13.4. The molecule has 2 aliphatic rings. The summed E-state index contributed by atoms with van der Waals surface area (Å²) in [6.45, 7) is 5.08. The Kier molecular flexibility index (Phi) is 6.02. The van der Waals surface area contributed by atoms with Crippen molar-refractivity contribution in [1.82, 2.24) is 14.7 Å². The van der Waals surface area contributed by atoms with Crippen LogP contribution >= 0.6 is 11.6 Å². The van der Waals surface area contributed by atoms with Crippen LogP contribution in [0.15, 0.2) is 48.5 Å². The van der Waals surface area contributed by atoms with E-state index in [-0.39, 0.29) is 17.7 Å². The molecule has 1 unspecified atom stereocenters. The Morgan fingerprint density at radius 3 is 1.81 bits per heavy atom. The van der Waals surface area contributed by atoms with Gasteiger partial charge < -0.3 is 9.80 Å². The van der Waals surface area contributed by atoms with Gasteiger partial charge in [0, 0.05) is 36.8 Å². The van der Waals surface area contributed by atoms with Crippen LogP contribution in [0.25, 0.3) is 0 Å². The Labute approximate surface area is 191 Å². The minimum absolute atomic E-state index is 0.116. The molecule has 2 aromatic rings. The number of fused-ring (bicyclic) bond motifs is 1.